The van der Waals surface area contributed by atoms with E-state index in [1.54, 1.807) is 0 Å². The van der Waals surface area contributed by atoms with Crippen LogP contribution in [0, 0.1) is 17.8 Å². The summed E-state index contributed by atoms with van der Waals surface area (Å²) < 4.78 is 0. The van der Waals surface area contributed by atoms with E-state index in [1.807, 2.05) is 0 Å². The number of hydrogen-bond acceptors (Lipinski definition) is 2. The normalized spacial score (nSPS) is 22.7. The van der Waals surface area contributed by atoms with E-state index < -0.39 is 0 Å². The summed E-state index contributed by atoms with van der Waals surface area (Å²) in [5, 5.41) is 0. The molecule has 0 saturated heterocycles. The molecule has 2 heteroatoms. The third kappa shape index (κ3) is 9.72. The molecular formula is C21H44N2. The topological polar surface area (TPSA) is 6.48 Å². The zero-order chi connectivity index (χ0) is 17.2. The van der Waals surface area contributed by atoms with Crippen LogP contribution in [0.3, 0.4) is 0 Å². The fourth-order valence-corrected chi connectivity index (χ4v) is 4.18. The highest BCUT2D eigenvalue weighted by Crippen LogP contribution is 2.28. The van der Waals surface area contributed by atoms with Gasteiger partial charge in [-0.05, 0) is 70.5 Å². The van der Waals surface area contributed by atoms with Gasteiger partial charge in [-0.25, -0.2) is 0 Å². The molecule has 1 saturated carbocycles. The van der Waals surface area contributed by atoms with Crippen LogP contribution < -0.4 is 0 Å². The van der Waals surface area contributed by atoms with Crippen molar-refractivity contribution in [3.05, 3.63) is 0 Å². The van der Waals surface area contributed by atoms with Gasteiger partial charge in [0.05, 0.1) is 0 Å². The predicted octanol–water partition coefficient (Wildman–Crippen LogP) is 5.28. The molecule has 1 fully saturated rings. The number of unbranched alkanes of at least 4 members (excludes halogenated alkanes) is 2. The summed E-state index contributed by atoms with van der Waals surface area (Å²) in [6.07, 6.45) is 11.3. The molecule has 0 radical (unpaired) electrons. The van der Waals surface area contributed by atoms with Crippen molar-refractivity contribution in [3.63, 3.8) is 0 Å². The van der Waals surface area contributed by atoms with Gasteiger partial charge in [-0.1, -0.05) is 47.0 Å². The lowest BCUT2D eigenvalue weighted by molar-refractivity contribution is 0.140. The van der Waals surface area contributed by atoms with Crippen LogP contribution in [0.25, 0.3) is 0 Å². The second kappa shape index (κ2) is 11.5. The van der Waals surface area contributed by atoms with E-state index >= 15 is 0 Å². The molecule has 0 amide bonds. The first kappa shape index (κ1) is 21.0. The van der Waals surface area contributed by atoms with E-state index in [1.165, 1.54) is 71.0 Å². The maximum Gasteiger partial charge on any atom is 0.00924 e. The highest BCUT2D eigenvalue weighted by atomic mass is 15.1. The van der Waals surface area contributed by atoms with Gasteiger partial charge in [0, 0.05) is 19.1 Å². The Hall–Kier alpha value is -0.0800. The molecular weight excluding hydrogens is 280 g/mol. The number of nitrogens with zero attached hydrogens (tertiary/aromatic N) is 2. The zero-order valence-corrected chi connectivity index (χ0v) is 17.0. The average molecular weight is 325 g/mol. The van der Waals surface area contributed by atoms with Crippen LogP contribution in [0.2, 0.25) is 0 Å². The quantitative estimate of drug-likeness (QED) is 0.477. The summed E-state index contributed by atoms with van der Waals surface area (Å²) >= 11 is 0. The molecule has 0 bridgehead atoms. The minimum absolute atomic E-state index is 0.790. The van der Waals surface area contributed by atoms with Crippen LogP contribution in [0.1, 0.15) is 79.1 Å². The van der Waals surface area contributed by atoms with Gasteiger partial charge < -0.3 is 9.80 Å². The maximum atomic E-state index is 2.66. The monoisotopic (exact) mass is 324 g/mol. The van der Waals surface area contributed by atoms with Crippen molar-refractivity contribution in [1.29, 1.82) is 0 Å². The average Bonchev–Trinajstić information content (AvgIpc) is 2.46. The van der Waals surface area contributed by atoms with Gasteiger partial charge in [-0.15, -0.1) is 0 Å². The van der Waals surface area contributed by atoms with E-state index in [0.717, 1.165) is 23.8 Å². The van der Waals surface area contributed by atoms with Gasteiger partial charge in [-0.3, -0.25) is 0 Å². The van der Waals surface area contributed by atoms with Crippen LogP contribution in [-0.4, -0.2) is 49.6 Å². The molecule has 0 aromatic rings. The van der Waals surface area contributed by atoms with Gasteiger partial charge in [0.25, 0.3) is 0 Å². The first-order valence-corrected chi connectivity index (χ1v) is 10.3. The predicted molar refractivity (Wildman–Crippen MR) is 104 cm³/mol. The molecule has 1 aliphatic rings. The molecule has 23 heavy (non-hydrogen) atoms. The summed E-state index contributed by atoms with van der Waals surface area (Å²) in [5.41, 5.74) is 0. The van der Waals surface area contributed by atoms with Crippen LogP contribution in [0.4, 0.5) is 0 Å². The summed E-state index contributed by atoms with van der Waals surface area (Å²) in [6, 6.07) is 0.853. The molecule has 1 aliphatic carbocycles. The first-order chi connectivity index (χ1) is 10.9. The lowest BCUT2D eigenvalue weighted by Gasteiger charge is -2.36. The molecule has 138 valence electrons. The van der Waals surface area contributed by atoms with Crippen molar-refractivity contribution in [2.75, 3.05) is 33.7 Å². The Morgan fingerprint density at radius 2 is 1.48 bits per heavy atom. The molecule has 0 atom stereocenters. The second-order valence-electron chi connectivity index (χ2n) is 9.01. The zero-order valence-electron chi connectivity index (χ0n) is 17.0. The molecule has 1 rings (SSSR count). The Balaban J connectivity index is 2.12. The molecule has 0 aromatic heterocycles. The van der Waals surface area contributed by atoms with Crippen LogP contribution in [-0.2, 0) is 0 Å². The molecule has 0 aromatic carbocycles. The lowest BCUT2D eigenvalue weighted by atomic mass is 9.85. The third-order valence-electron chi connectivity index (χ3n) is 5.48. The third-order valence-corrected chi connectivity index (χ3v) is 5.48. The van der Waals surface area contributed by atoms with Gasteiger partial charge in [-0.2, -0.15) is 0 Å². The van der Waals surface area contributed by atoms with Crippen LogP contribution in [0.15, 0.2) is 0 Å². The Kier molecular flexibility index (Phi) is 10.5. The van der Waals surface area contributed by atoms with Crippen LogP contribution >= 0.6 is 0 Å². The summed E-state index contributed by atoms with van der Waals surface area (Å²) in [7, 11) is 4.66. The van der Waals surface area contributed by atoms with Crippen molar-refractivity contribution in [3.8, 4) is 0 Å². The molecule has 0 spiro atoms. The Morgan fingerprint density at radius 3 is 2.04 bits per heavy atom. The molecule has 0 heterocycles. The Morgan fingerprint density at radius 1 is 0.826 bits per heavy atom. The lowest BCUT2D eigenvalue weighted by Crippen LogP contribution is -2.38. The van der Waals surface area contributed by atoms with Crippen LogP contribution in [0.5, 0.6) is 0 Å². The van der Waals surface area contributed by atoms with E-state index in [4.69, 9.17) is 0 Å². The minimum atomic E-state index is 0.790. The highest BCUT2D eigenvalue weighted by molar-refractivity contribution is 4.79. The van der Waals surface area contributed by atoms with Crippen molar-refractivity contribution >= 4 is 0 Å². The van der Waals surface area contributed by atoms with Crippen molar-refractivity contribution < 1.29 is 0 Å². The van der Waals surface area contributed by atoms with Gasteiger partial charge in [0.2, 0.25) is 0 Å². The molecule has 0 aliphatic heterocycles. The Bertz CT molecular complexity index is 280. The second-order valence-corrected chi connectivity index (χ2v) is 9.01. The van der Waals surface area contributed by atoms with E-state index in [-0.39, 0.29) is 0 Å². The van der Waals surface area contributed by atoms with Crippen molar-refractivity contribution in [2.45, 2.75) is 85.1 Å². The van der Waals surface area contributed by atoms with E-state index in [2.05, 4.69) is 51.6 Å². The van der Waals surface area contributed by atoms with E-state index in [0.29, 0.717) is 0 Å². The van der Waals surface area contributed by atoms with Gasteiger partial charge >= 0.3 is 0 Å². The fourth-order valence-electron chi connectivity index (χ4n) is 4.18. The molecule has 0 N–H and O–H groups in total. The fraction of sp³-hybridized carbons (Fsp3) is 1.00. The van der Waals surface area contributed by atoms with Gasteiger partial charge in [0.15, 0.2) is 0 Å². The largest absolute Gasteiger partial charge is 0.306 e. The standard InChI is InChI=1S/C21H44N2/c1-18(2)10-8-7-9-15-23(6)21-13-11-20(12-14-21)17-22(5)16-19(3)4/h18-21H,7-17H2,1-6H3. The molecule has 0 unspecified atom stereocenters. The highest BCUT2D eigenvalue weighted by Gasteiger charge is 2.24. The maximum absolute atomic E-state index is 2.66. The smallest absolute Gasteiger partial charge is 0.00924 e. The first-order valence-electron chi connectivity index (χ1n) is 10.3. The van der Waals surface area contributed by atoms with Gasteiger partial charge in [0.1, 0.15) is 0 Å². The summed E-state index contributed by atoms with van der Waals surface area (Å²) in [4.78, 5) is 5.21. The minimum Gasteiger partial charge on any atom is -0.306 e. The van der Waals surface area contributed by atoms with E-state index in [9.17, 15) is 0 Å². The van der Waals surface area contributed by atoms with Crippen molar-refractivity contribution in [2.24, 2.45) is 17.8 Å². The Labute approximate surface area is 147 Å². The SMILES string of the molecule is CC(C)CCCCCN(C)C1CCC(CN(C)CC(C)C)CC1. The number of hydrogen-bond donors (Lipinski definition) is 0. The molecule has 2 nitrogen and oxygen atoms in total. The summed E-state index contributed by atoms with van der Waals surface area (Å²) in [5.74, 6) is 2.60. The number of rotatable bonds is 11. The summed E-state index contributed by atoms with van der Waals surface area (Å²) in [6.45, 7) is 13.2. The van der Waals surface area contributed by atoms with Crippen molar-refractivity contribution in [1.82, 2.24) is 9.80 Å².